The van der Waals surface area contributed by atoms with Crippen LogP contribution in [0.15, 0.2) is 78.9 Å². The number of amides is 2. The average molecular weight is 382 g/mol. The number of rotatable bonds is 3. The quantitative estimate of drug-likeness (QED) is 0.688. The van der Waals surface area contributed by atoms with Gasteiger partial charge in [-0.25, -0.2) is 0 Å². The molecule has 3 aromatic carbocycles. The van der Waals surface area contributed by atoms with Crippen molar-refractivity contribution in [2.45, 2.75) is 25.6 Å². The zero-order valence-electron chi connectivity index (χ0n) is 16.1. The van der Waals surface area contributed by atoms with Gasteiger partial charge in [0.05, 0.1) is 0 Å². The zero-order valence-corrected chi connectivity index (χ0v) is 16.1. The second-order valence-electron chi connectivity index (χ2n) is 7.68. The van der Waals surface area contributed by atoms with Gasteiger partial charge in [-0.15, -0.1) is 0 Å². The molecule has 2 amide bonds. The second-order valence-corrected chi connectivity index (χ2v) is 7.68. The van der Waals surface area contributed by atoms with Gasteiger partial charge in [-0.3, -0.25) is 9.59 Å². The topological polar surface area (TPSA) is 40.6 Å². The normalized spacial score (nSPS) is 16.3. The third-order valence-corrected chi connectivity index (χ3v) is 5.95. The van der Waals surface area contributed by atoms with Gasteiger partial charge in [0, 0.05) is 25.2 Å². The molecule has 3 aromatic rings. The highest BCUT2D eigenvalue weighted by Gasteiger charge is 2.39. The lowest BCUT2D eigenvalue weighted by molar-refractivity contribution is -0.137. The molecule has 0 aromatic heterocycles. The van der Waals surface area contributed by atoms with Crippen LogP contribution in [0.3, 0.4) is 0 Å². The Bertz CT molecular complexity index is 1080. The number of nitrogens with zero attached hydrogens (tertiary/aromatic N) is 2. The van der Waals surface area contributed by atoms with Crippen LogP contribution in [0.4, 0.5) is 0 Å². The third-order valence-electron chi connectivity index (χ3n) is 5.95. The standard InChI is InChI=1S/C25H22N2O2/c28-24-22-13-7-6-12-21(22)17-27(24)23(19-9-2-1-3-10-19)25(29)26-15-14-18-8-4-5-11-20(18)16-26/h1-13,23H,14-17H2/t23-/m1/s1. The first kappa shape index (κ1) is 17.7. The minimum Gasteiger partial charge on any atom is -0.336 e. The molecule has 2 aliphatic rings. The van der Waals surface area contributed by atoms with Crippen molar-refractivity contribution in [2.75, 3.05) is 6.54 Å². The van der Waals surface area contributed by atoms with Crippen LogP contribution in [0.1, 0.15) is 38.7 Å². The van der Waals surface area contributed by atoms with Crippen LogP contribution in [0.5, 0.6) is 0 Å². The van der Waals surface area contributed by atoms with Crippen molar-refractivity contribution in [2.24, 2.45) is 0 Å². The van der Waals surface area contributed by atoms with Crippen molar-refractivity contribution >= 4 is 11.8 Å². The van der Waals surface area contributed by atoms with E-state index in [4.69, 9.17) is 0 Å². The molecule has 2 heterocycles. The van der Waals surface area contributed by atoms with Crippen molar-refractivity contribution in [3.63, 3.8) is 0 Å². The summed E-state index contributed by atoms with van der Waals surface area (Å²) < 4.78 is 0. The highest BCUT2D eigenvalue weighted by Crippen LogP contribution is 2.33. The van der Waals surface area contributed by atoms with E-state index < -0.39 is 6.04 Å². The predicted molar refractivity (Wildman–Crippen MR) is 111 cm³/mol. The number of hydrogen-bond acceptors (Lipinski definition) is 2. The molecule has 1 atom stereocenters. The first-order chi connectivity index (χ1) is 14.2. The maximum atomic E-state index is 13.7. The number of benzene rings is 3. The van der Waals surface area contributed by atoms with E-state index in [1.807, 2.05) is 71.6 Å². The molecule has 0 aliphatic carbocycles. The highest BCUT2D eigenvalue weighted by atomic mass is 16.2. The Balaban J connectivity index is 1.49. The van der Waals surface area contributed by atoms with Crippen molar-refractivity contribution in [3.05, 3.63) is 107 Å². The zero-order chi connectivity index (χ0) is 19.8. The first-order valence-corrected chi connectivity index (χ1v) is 10.0. The van der Waals surface area contributed by atoms with Gasteiger partial charge in [0.25, 0.3) is 5.91 Å². The minimum absolute atomic E-state index is 0.00754. The summed E-state index contributed by atoms with van der Waals surface area (Å²) in [5.74, 6) is -0.0768. The molecule has 0 radical (unpaired) electrons. The minimum atomic E-state index is -0.610. The van der Waals surface area contributed by atoms with E-state index in [-0.39, 0.29) is 11.8 Å². The Morgan fingerprint density at radius 2 is 1.41 bits per heavy atom. The van der Waals surface area contributed by atoms with Crippen LogP contribution < -0.4 is 0 Å². The molecule has 0 unspecified atom stereocenters. The van der Waals surface area contributed by atoms with Crippen LogP contribution in [-0.2, 0) is 24.3 Å². The molecule has 0 spiro atoms. The number of carbonyl (C=O) groups is 2. The van der Waals surface area contributed by atoms with E-state index in [1.54, 1.807) is 4.90 Å². The largest absolute Gasteiger partial charge is 0.336 e. The fraction of sp³-hybridized carbons (Fsp3) is 0.200. The maximum Gasteiger partial charge on any atom is 0.255 e. The van der Waals surface area contributed by atoms with Gasteiger partial charge in [-0.1, -0.05) is 72.8 Å². The van der Waals surface area contributed by atoms with Crippen LogP contribution in [0.2, 0.25) is 0 Å². The maximum absolute atomic E-state index is 13.7. The lowest BCUT2D eigenvalue weighted by Gasteiger charge is -2.35. The molecule has 4 nitrogen and oxygen atoms in total. The van der Waals surface area contributed by atoms with E-state index in [1.165, 1.54) is 11.1 Å². The average Bonchev–Trinajstić information content (AvgIpc) is 3.10. The van der Waals surface area contributed by atoms with Crippen LogP contribution in [0, 0.1) is 0 Å². The number of fused-ring (bicyclic) bond motifs is 2. The van der Waals surface area contributed by atoms with Gasteiger partial charge in [0.15, 0.2) is 0 Å². The van der Waals surface area contributed by atoms with Gasteiger partial charge in [0.2, 0.25) is 5.91 Å². The molecule has 0 bridgehead atoms. The fourth-order valence-electron chi connectivity index (χ4n) is 4.43. The van der Waals surface area contributed by atoms with E-state index in [0.29, 0.717) is 25.2 Å². The Labute approximate surface area is 170 Å². The lowest BCUT2D eigenvalue weighted by atomic mass is 9.97. The summed E-state index contributed by atoms with van der Waals surface area (Å²) in [6.07, 6.45) is 0.845. The monoisotopic (exact) mass is 382 g/mol. The van der Waals surface area contributed by atoms with E-state index in [9.17, 15) is 9.59 Å². The van der Waals surface area contributed by atoms with Gasteiger partial charge in [-0.05, 0) is 34.7 Å². The van der Waals surface area contributed by atoms with Gasteiger partial charge < -0.3 is 9.80 Å². The van der Waals surface area contributed by atoms with Gasteiger partial charge >= 0.3 is 0 Å². The predicted octanol–water partition coefficient (Wildman–Crippen LogP) is 3.97. The van der Waals surface area contributed by atoms with E-state index in [2.05, 4.69) is 12.1 Å². The third kappa shape index (κ3) is 3.11. The number of hydrogen-bond donors (Lipinski definition) is 0. The summed E-state index contributed by atoms with van der Waals surface area (Å²) in [5.41, 5.74) is 5.03. The SMILES string of the molecule is O=C([C@@H](c1ccccc1)N1Cc2ccccc2C1=O)N1CCc2ccccc2C1. The van der Waals surface area contributed by atoms with Crippen LogP contribution >= 0.6 is 0 Å². The van der Waals surface area contributed by atoms with Gasteiger partial charge in [0.1, 0.15) is 6.04 Å². The second kappa shape index (κ2) is 7.21. The summed E-state index contributed by atoms with van der Waals surface area (Å²) in [7, 11) is 0. The van der Waals surface area contributed by atoms with Crippen LogP contribution in [0.25, 0.3) is 0 Å². The first-order valence-electron chi connectivity index (χ1n) is 10.0. The summed E-state index contributed by atoms with van der Waals surface area (Å²) in [4.78, 5) is 30.5. The Morgan fingerprint density at radius 1 is 0.759 bits per heavy atom. The molecule has 0 saturated heterocycles. The number of carbonyl (C=O) groups excluding carboxylic acids is 2. The lowest BCUT2D eigenvalue weighted by Crippen LogP contribution is -2.45. The molecule has 144 valence electrons. The fourth-order valence-corrected chi connectivity index (χ4v) is 4.43. The van der Waals surface area contributed by atoms with Crippen molar-refractivity contribution in [1.82, 2.24) is 9.80 Å². The van der Waals surface area contributed by atoms with E-state index >= 15 is 0 Å². The summed E-state index contributed by atoms with van der Waals surface area (Å²) >= 11 is 0. The highest BCUT2D eigenvalue weighted by molar-refractivity contribution is 6.01. The molecule has 0 N–H and O–H groups in total. The van der Waals surface area contributed by atoms with Crippen LogP contribution in [-0.4, -0.2) is 28.2 Å². The molecule has 29 heavy (non-hydrogen) atoms. The molecular weight excluding hydrogens is 360 g/mol. The summed E-state index contributed by atoms with van der Waals surface area (Å²) in [6.45, 7) is 1.73. The Morgan fingerprint density at radius 3 is 2.17 bits per heavy atom. The molecular formula is C25H22N2O2. The van der Waals surface area contributed by atoms with Crippen molar-refractivity contribution < 1.29 is 9.59 Å². The molecule has 0 saturated carbocycles. The summed E-state index contributed by atoms with van der Waals surface area (Å²) in [6, 6.07) is 25.0. The smallest absolute Gasteiger partial charge is 0.255 e. The van der Waals surface area contributed by atoms with Crippen molar-refractivity contribution in [3.8, 4) is 0 Å². The Kier molecular flexibility index (Phi) is 4.39. The van der Waals surface area contributed by atoms with Crippen molar-refractivity contribution in [1.29, 1.82) is 0 Å². The Hall–Kier alpha value is -3.40. The molecule has 0 fully saturated rings. The molecule has 5 rings (SSSR count). The molecule has 2 aliphatic heterocycles. The summed E-state index contributed by atoms with van der Waals surface area (Å²) in [5, 5.41) is 0. The van der Waals surface area contributed by atoms with E-state index in [0.717, 1.165) is 17.5 Å². The molecule has 4 heteroatoms. The van der Waals surface area contributed by atoms with Gasteiger partial charge in [-0.2, -0.15) is 0 Å².